The van der Waals surface area contributed by atoms with Crippen LogP contribution < -0.4 is 16.2 Å². The maximum Gasteiger partial charge on any atom is 0.354 e. The van der Waals surface area contributed by atoms with E-state index < -0.39 is 0 Å². The predicted molar refractivity (Wildman–Crippen MR) is 109 cm³/mol. The first-order chi connectivity index (χ1) is 13.2. The highest BCUT2D eigenvalue weighted by atomic mass is 16.5. The van der Waals surface area contributed by atoms with Crippen molar-refractivity contribution < 1.29 is 14.3 Å². The topological polar surface area (TPSA) is 103 Å². The molecule has 0 aliphatic heterocycles. The van der Waals surface area contributed by atoms with Gasteiger partial charge in [-0.25, -0.2) is 4.79 Å². The van der Waals surface area contributed by atoms with Crippen LogP contribution in [0.15, 0.2) is 18.2 Å². The minimum atomic E-state index is -0.326. The Hall–Kier alpha value is -2.05. The molecule has 0 aliphatic carbocycles. The zero-order valence-corrected chi connectivity index (χ0v) is 16.4. The molecule has 0 saturated carbocycles. The molecule has 0 saturated heterocycles. The number of nitrogens with two attached hydrogens (primary N) is 2. The average Bonchev–Trinajstić information content (AvgIpc) is 3.05. The van der Waals surface area contributed by atoms with Gasteiger partial charge < -0.3 is 25.9 Å². The number of H-pyrrole nitrogens is 1. The number of hydrogen-bond donors (Lipinski definition) is 3. The largest absolute Gasteiger partial charge is 0.494 e. The van der Waals surface area contributed by atoms with Crippen molar-refractivity contribution in [2.75, 3.05) is 26.8 Å². The summed E-state index contributed by atoms with van der Waals surface area (Å²) in [6.07, 6.45) is 8.19. The third kappa shape index (κ3) is 6.26. The Bertz CT molecular complexity index is 712. The smallest absolute Gasteiger partial charge is 0.354 e. The van der Waals surface area contributed by atoms with Gasteiger partial charge in [-0.05, 0) is 75.4 Å². The van der Waals surface area contributed by atoms with E-state index in [2.05, 4.69) is 4.98 Å². The summed E-state index contributed by atoms with van der Waals surface area (Å²) < 4.78 is 10.8. The number of methoxy groups -OCH3 is 1. The van der Waals surface area contributed by atoms with E-state index >= 15 is 0 Å². The maximum atomic E-state index is 12.2. The number of aromatic amines is 1. The Morgan fingerprint density at radius 1 is 1.00 bits per heavy atom. The van der Waals surface area contributed by atoms with Gasteiger partial charge in [-0.15, -0.1) is 0 Å². The maximum absolute atomic E-state index is 12.2. The van der Waals surface area contributed by atoms with Gasteiger partial charge in [0.1, 0.15) is 11.4 Å². The van der Waals surface area contributed by atoms with E-state index in [9.17, 15) is 4.79 Å². The number of ether oxygens (including phenoxy) is 2. The Morgan fingerprint density at radius 2 is 1.70 bits per heavy atom. The summed E-state index contributed by atoms with van der Waals surface area (Å²) in [5.41, 5.74) is 13.6. The van der Waals surface area contributed by atoms with Crippen molar-refractivity contribution in [3.05, 3.63) is 29.5 Å². The van der Waals surface area contributed by atoms with E-state index in [4.69, 9.17) is 20.9 Å². The Balaban J connectivity index is 2.12. The van der Waals surface area contributed by atoms with Crippen LogP contribution in [-0.4, -0.2) is 37.8 Å². The standard InChI is InChI=1S/C21H33N3O3/c1-26-21(25)20-17(9-5-2-3-6-12-22)18-15-16(10-11-19(18)24-20)27-14-8-4-7-13-23/h10-11,15,24H,2-9,12-14,22-23H2,1H3. The van der Waals surface area contributed by atoms with Crippen LogP contribution in [0.3, 0.4) is 0 Å². The number of rotatable bonds is 13. The normalized spacial score (nSPS) is 11.1. The summed E-state index contributed by atoms with van der Waals surface area (Å²) in [5, 5.41) is 1.04. The zero-order valence-electron chi connectivity index (χ0n) is 16.4. The van der Waals surface area contributed by atoms with Crippen molar-refractivity contribution in [3.63, 3.8) is 0 Å². The van der Waals surface area contributed by atoms with Gasteiger partial charge in [-0.1, -0.05) is 12.8 Å². The number of aryl methyl sites for hydroxylation is 1. The van der Waals surface area contributed by atoms with Gasteiger partial charge in [0.25, 0.3) is 0 Å². The van der Waals surface area contributed by atoms with Crippen LogP contribution in [0.25, 0.3) is 10.9 Å². The van der Waals surface area contributed by atoms with E-state index in [-0.39, 0.29) is 5.97 Å². The second-order valence-electron chi connectivity index (χ2n) is 6.83. The second-order valence-corrected chi connectivity index (χ2v) is 6.83. The summed E-state index contributed by atoms with van der Waals surface area (Å²) in [7, 11) is 1.41. The van der Waals surface area contributed by atoms with Crippen molar-refractivity contribution in [1.29, 1.82) is 0 Å². The Morgan fingerprint density at radius 3 is 2.41 bits per heavy atom. The molecule has 6 nitrogen and oxygen atoms in total. The molecule has 5 N–H and O–H groups in total. The lowest BCUT2D eigenvalue weighted by atomic mass is 10.0. The molecule has 0 fully saturated rings. The van der Waals surface area contributed by atoms with Crippen LogP contribution in [0.4, 0.5) is 0 Å². The number of carbonyl (C=O) groups is 1. The van der Waals surface area contributed by atoms with Crippen molar-refractivity contribution in [3.8, 4) is 5.75 Å². The summed E-state index contributed by atoms with van der Waals surface area (Å²) in [5.74, 6) is 0.502. The molecule has 0 bridgehead atoms. The first-order valence-electron chi connectivity index (χ1n) is 9.97. The molecule has 1 heterocycles. The molecule has 27 heavy (non-hydrogen) atoms. The van der Waals surface area contributed by atoms with Crippen LogP contribution in [0, 0.1) is 0 Å². The van der Waals surface area contributed by atoms with Gasteiger partial charge in [-0.3, -0.25) is 0 Å². The summed E-state index contributed by atoms with van der Waals surface area (Å²) in [4.78, 5) is 15.4. The fourth-order valence-electron chi connectivity index (χ4n) is 3.27. The van der Waals surface area contributed by atoms with E-state index in [0.717, 1.165) is 86.7 Å². The highest BCUT2D eigenvalue weighted by Gasteiger charge is 2.18. The van der Waals surface area contributed by atoms with E-state index in [1.807, 2.05) is 18.2 Å². The van der Waals surface area contributed by atoms with Crippen molar-refractivity contribution >= 4 is 16.9 Å². The van der Waals surface area contributed by atoms with Crippen LogP contribution in [0.2, 0.25) is 0 Å². The van der Waals surface area contributed by atoms with Crippen molar-refractivity contribution in [1.82, 2.24) is 4.98 Å². The van der Waals surface area contributed by atoms with Gasteiger partial charge in [-0.2, -0.15) is 0 Å². The summed E-state index contributed by atoms with van der Waals surface area (Å²) in [6, 6.07) is 5.93. The van der Waals surface area contributed by atoms with Crippen LogP contribution in [-0.2, 0) is 11.2 Å². The number of esters is 1. The monoisotopic (exact) mass is 375 g/mol. The fraction of sp³-hybridized carbons (Fsp3) is 0.571. The number of hydrogen-bond acceptors (Lipinski definition) is 5. The third-order valence-corrected chi connectivity index (χ3v) is 4.77. The van der Waals surface area contributed by atoms with Crippen molar-refractivity contribution in [2.24, 2.45) is 11.5 Å². The second kappa shape index (κ2) is 11.6. The summed E-state index contributed by atoms with van der Waals surface area (Å²) >= 11 is 0. The molecule has 2 aromatic rings. The van der Waals surface area contributed by atoms with Crippen LogP contribution in [0.5, 0.6) is 5.75 Å². The minimum Gasteiger partial charge on any atom is -0.494 e. The van der Waals surface area contributed by atoms with Gasteiger partial charge in [0.05, 0.1) is 13.7 Å². The van der Waals surface area contributed by atoms with Gasteiger partial charge in [0, 0.05) is 10.9 Å². The molecule has 0 unspecified atom stereocenters. The van der Waals surface area contributed by atoms with Crippen molar-refractivity contribution in [2.45, 2.75) is 51.4 Å². The van der Waals surface area contributed by atoms with Gasteiger partial charge in [0.15, 0.2) is 0 Å². The number of aromatic nitrogens is 1. The highest BCUT2D eigenvalue weighted by Crippen LogP contribution is 2.29. The van der Waals surface area contributed by atoms with E-state index in [1.165, 1.54) is 7.11 Å². The zero-order chi connectivity index (χ0) is 19.5. The fourth-order valence-corrected chi connectivity index (χ4v) is 3.27. The lowest BCUT2D eigenvalue weighted by Gasteiger charge is -2.07. The molecule has 0 atom stereocenters. The molecule has 0 amide bonds. The molecular weight excluding hydrogens is 342 g/mol. The first-order valence-corrected chi connectivity index (χ1v) is 9.97. The number of benzene rings is 1. The van der Waals surface area contributed by atoms with Crippen LogP contribution in [0.1, 0.15) is 61.0 Å². The summed E-state index contributed by atoms with van der Waals surface area (Å²) in [6.45, 7) is 2.13. The molecule has 0 radical (unpaired) electrons. The number of nitrogens with one attached hydrogen (secondary N) is 1. The van der Waals surface area contributed by atoms with E-state index in [0.29, 0.717) is 12.3 Å². The number of unbranched alkanes of at least 4 members (excludes halogenated alkanes) is 5. The lowest BCUT2D eigenvalue weighted by Crippen LogP contribution is -2.05. The molecule has 0 aliphatic rings. The number of fused-ring (bicyclic) bond motifs is 1. The number of carbonyl (C=O) groups excluding carboxylic acids is 1. The third-order valence-electron chi connectivity index (χ3n) is 4.77. The average molecular weight is 376 g/mol. The SMILES string of the molecule is COC(=O)c1[nH]c2ccc(OCCCCCN)cc2c1CCCCCCN. The first kappa shape index (κ1) is 21.3. The molecule has 0 spiro atoms. The minimum absolute atomic E-state index is 0.326. The highest BCUT2D eigenvalue weighted by molar-refractivity contribution is 5.98. The molecule has 2 rings (SSSR count). The molecule has 1 aromatic heterocycles. The predicted octanol–water partition coefficient (Wildman–Crippen LogP) is 3.52. The van der Waals surface area contributed by atoms with Gasteiger partial charge in [0.2, 0.25) is 0 Å². The molecule has 150 valence electrons. The van der Waals surface area contributed by atoms with E-state index in [1.54, 1.807) is 0 Å². The Labute approximate surface area is 161 Å². The lowest BCUT2D eigenvalue weighted by molar-refractivity contribution is 0.0594. The molecule has 1 aromatic carbocycles. The van der Waals surface area contributed by atoms with Crippen LogP contribution >= 0.6 is 0 Å². The molecular formula is C21H33N3O3. The quantitative estimate of drug-likeness (QED) is 0.367. The molecule has 6 heteroatoms. The van der Waals surface area contributed by atoms with Gasteiger partial charge >= 0.3 is 5.97 Å². The Kier molecular flexibility index (Phi) is 9.15.